The highest BCUT2D eigenvalue weighted by Gasteiger charge is 2.03. The van der Waals surface area contributed by atoms with Crippen LogP contribution < -0.4 is 5.32 Å². The van der Waals surface area contributed by atoms with Gasteiger partial charge in [0.05, 0.1) is 15.2 Å². The highest BCUT2D eigenvalue weighted by Crippen LogP contribution is 2.24. The van der Waals surface area contributed by atoms with Crippen LogP contribution in [0, 0.1) is 12.7 Å². The lowest BCUT2D eigenvalue weighted by molar-refractivity contribution is -0.111. The Morgan fingerprint density at radius 2 is 2.00 bits per heavy atom. The third kappa shape index (κ3) is 3.38. The van der Waals surface area contributed by atoms with Crippen LogP contribution in [0.1, 0.15) is 10.6 Å². The van der Waals surface area contributed by atoms with E-state index in [2.05, 4.69) is 10.3 Å². The van der Waals surface area contributed by atoms with Crippen molar-refractivity contribution in [1.29, 1.82) is 0 Å². The van der Waals surface area contributed by atoms with Crippen molar-refractivity contribution in [2.75, 3.05) is 5.32 Å². The summed E-state index contributed by atoms with van der Waals surface area (Å²) in [6.07, 6.45) is 3.07. The van der Waals surface area contributed by atoms with Crippen molar-refractivity contribution < 1.29 is 9.18 Å². The minimum absolute atomic E-state index is 0.232. The van der Waals surface area contributed by atoms with E-state index in [1.54, 1.807) is 29.5 Å². The third-order valence-corrected chi connectivity index (χ3v) is 3.99. The van der Waals surface area contributed by atoms with Crippen LogP contribution in [0.3, 0.4) is 0 Å². The van der Waals surface area contributed by atoms with E-state index in [-0.39, 0.29) is 11.7 Å². The van der Waals surface area contributed by atoms with Crippen molar-refractivity contribution in [3.8, 4) is 0 Å². The Labute approximate surface area is 131 Å². The van der Waals surface area contributed by atoms with E-state index >= 15 is 0 Å². The normalized spacial score (nSPS) is 11.2. The van der Waals surface area contributed by atoms with Gasteiger partial charge in [-0.15, -0.1) is 11.3 Å². The van der Waals surface area contributed by atoms with Crippen LogP contribution in [0.15, 0.2) is 48.5 Å². The molecule has 3 aromatic rings. The first kappa shape index (κ1) is 14.4. The van der Waals surface area contributed by atoms with Crippen LogP contribution >= 0.6 is 11.3 Å². The summed E-state index contributed by atoms with van der Waals surface area (Å²) in [6.45, 7) is 1.95. The Kier molecular flexibility index (Phi) is 3.98. The largest absolute Gasteiger partial charge is 0.322 e. The van der Waals surface area contributed by atoms with Gasteiger partial charge >= 0.3 is 0 Å². The SMILES string of the molecule is Cc1nc2ccc(NC(=O)C=Cc3ccc(F)cc3)cc2s1. The second-order valence-electron chi connectivity index (χ2n) is 4.79. The van der Waals surface area contributed by atoms with Crippen molar-refractivity contribution in [3.05, 3.63) is 64.9 Å². The number of anilines is 1. The molecule has 0 aliphatic heterocycles. The molecule has 0 aliphatic rings. The maximum atomic E-state index is 12.8. The van der Waals surface area contributed by atoms with Crippen molar-refractivity contribution in [1.82, 2.24) is 4.98 Å². The number of thiazole rings is 1. The molecule has 2 aromatic carbocycles. The van der Waals surface area contributed by atoms with E-state index in [9.17, 15) is 9.18 Å². The molecular formula is C17H13FN2OS. The molecule has 0 radical (unpaired) electrons. The lowest BCUT2D eigenvalue weighted by Crippen LogP contribution is -2.07. The minimum atomic E-state index is -0.297. The fraction of sp³-hybridized carbons (Fsp3) is 0.0588. The van der Waals surface area contributed by atoms with Gasteiger partial charge in [-0.25, -0.2) is 9.37 Å². The van der Waals surface area contributed by atoms with Crippen molar-refractivity contribution in [2.24, 2.45) is 0 Å². The molecule has 1 amide bonds. The fourth-order valence-corrected chi connectivity index (χ4v) is 2.91. The van der Waals surface area contributed by atoms with Gasteiger partial charge in [0.15, 0.2) is 0 Å². The molecule has 0 saturated heterocycles. The van der Waals surface area contributed by atoms with Gasteiger partial charge in [0, 0.05) is 11.8 Å². The number of aromatic nitrogens is 1. The maximum Gasteiger partial charge on any atom is 0.248 e. The van der Waals surface area contributed by atoms with Gasteiger partial charge in [-0.2, -0.15) is 0 Å². The molecule has 22 heavy (non-hydrogen) atoms. The van der Waals surface area contributed by atoms with Gasteiger partial charge in [0.25, 0.3) is 0 Å². The van der Waals surface area contributed by atoms with Crippen molar-refractivity contribution in [3.63, 3.8) is 0 Å². The number of carbonyl (C=O) groups excluding carboxylic acids is 1. The smallest absolute Gasteiger partial charge is 0.248 e. The summed E-state index contributed by atoms with van der Waals surface area (Å²) in [5, 5.41) is 3.80. The average Bonchev–Trinajstić information content (AvgIpc) is 2.86. The number of fused-ring (bicyclic) bond motifs is 1. The van der Waals surface area contributed by atoms with Gasteiger partial charge in [-0.3, -0.25) is 4.79 Å². The number of hydrogen-bond donors (Lipinski definition) is 1. The Balaban J connectivity index is 1.70. The molecule has 0 spiro atoms. The summed E-state index contributed by atoms with van der Waals surface area (Å²) in [6, 6.07) is 11.6. The number of rotatable bonds is 3. The van der Waals surface area contributed by atoms with E-state index in [1.807, 2.05) is 25.1 Å². The summed E-state index contributed by atoms with van der Waals surface area (Å²) in [4.78, 5) is 16.3. The predicted octanol–water partition coefficient (Wildman–Crippen LogP) is 4.40. The standard InChI is InChI=1S/C17H13FN2OS/c1-11-19-15-8-7-14(10-16(15)22-11)20-17(21)9-4-12-2-5-13(18)6-3-12/h2-10H,1H3,(H,20,21). The number of halogens is 1. The average molecular weight is 312 g/mol. The fourth-order valence-electron chi connectivity index (χ4n) is 2.05. The van der Waals surface area contributed by atoms with Gasteiger partial charge in [-0.05, 0) is 48.9 Å². The number of nitrogens with zero attached hydrogens (tertiary/aromatic N) is 1. The first-order chi connectivity index (χ1) is 10.6. The van der Waals surface area contributed by atoms with Crippen LogP contribution in [0.4, 0.5) is 10.1 Å². The summed E-state index contributed by atoms with van der Waals surface area (Å²) in [7, 11) is 0. The molecular weight excluding hydrogens is 299 g/mol. The Bertz CT molecular complexity index is 853. The van der Waals surface area contributed by atoms with Gasteiger partial charge < -0.3 is 5.32 Å². The lowest BCUT2D eigenvalue weighted by Gasteiger charge is -2.01. The van der Waals surface area contributed by atoms with Gasteiger partial charge in [-0.1, -0.05) is 12.1 Å². The Morgan fingerprint density at radius 3 is 2.77 bits per heavy atom. The number of hydrogen-bond acceptors (Lipinski definition) is 3. The molecule has 5 heteroatoms. The predicted molar refractivity (Wildman–Crippen MR) is 88.4 cm³/mol. The van der Waals surface area contributed by atoms with E-state index < -0.39 is 0 Å². The van der Waals surface area contributed by atoms with Crippen LogP contribution in [-0.2, 0) is 4.79 Å². The second-order valence-corrected chi connectivity index (χ2v) is 6.02. The van der Waals surface area contributed by atoms with E-state index in [4.69, 9.17) is 0 Å². The van der Waals surface area contributed by atoms with Crippen molar-refractivity contribution >= 4 is 39.2 Å². The third-order valence-electron chi connectivity index (χ3n) is 3.06. The summed E-state index contributed by atoms with van der Waals surface area (Å²) in [5.74, 6) is -0.528. The van der Waals surface area contributed by atoms with E-state index in [0.717, 1.165) is 26.5 Å². The Morgan fingerprint density at radius 1 is 1.23 bits per heavy atom. The van der Waals surface area contributed by atoms with Gasteiger partial charge in [0.1, 0.15) is 5.82 Å². The number of carbonyl (C=O) groups is 1. The molecule has 1 N–H and O–H groups in total. The van der Waals surface area contributed by atoms with Crippen LogP contribution in [-0.4, -0.2) is 10.9 Å². The van der Waals surface area contributed by atoms with Crippen molar-refractivity contribution in [2.45, 2.75) is 6.92 Å². The zero-order chi connectivity index (χ0) is 15.5. The molecule has 0 unspecified atom stereocenters. The molecule has 0 aliphatic carbocycles. The second kappa shape index (κ2) is 6.07. The quantitative estimate of drug-likeness (QED) is 0.729. The zero-order valence-corrected chi connectivity index (χ0v) is 12.7. The summed E-state index contributed by atoms with van der Waals surface area (Å²) in [5.41, 5.74) is 2.43. The monoisotopic (exact) mass is 312 g/mol. The Hall–Kier alpha value is -2.53. The molecule has 1 heterocycles. The molecule has 3 nitrogen and oxygen atoms in total. The molecule has 3 rings (SSSR count). The van der Waals surface area contributed by atoms with Gasteiger partial charge in [0.2, 0.25) is 5.91 Å². The van der Waals surface area contributed by atoms with E-state index in [1.165, 1.54) is 18.2 Å². The number of nitrogens with one attached hydrogen (secondary N) is 1. The summed E-state index contributed by atoms with van der Waals surface area (Å²) < 4.78 is 13.8. The molecule has 0 fully saturated rings. The van der Waals surface area contributed by atoms with Crippen LogP contribution in [0.5, 0.6) is 0 Å². The maximum absolute atomic E-state index is 12.8. The lowest BCUT2D eigenvalue weighted by atomic mass is 10.2. The minimum Gasteiger partial charge on any atom is -0.322 e. The van der Waals surface area contributed by atoms with E-state index in [0.29, 0.717) is 0 Å². The number of benzene rings is 2. The highest BCUT2D eigenvalue weighted by molar-refractivity contribution is 7.18. The molecule has 0 atom stereocenters. The zero-order valence-electron chi connectivity index (χ0n) is 11.8. The highest BCUT2D eigenvalue weighted by atomic mass is 32.1. The molecule has 1 aromatic heterocycles. The van der Waals surface area contributed by atoms with Crippen LogP contribution in [0.2, 0.25) is 0 Å². The number of amides is 1. The molecule has 0 saturated carbocycles. The first-order valence-electron chi connectivity index (χ1n) is 6.72. The summed E-state index contributed by atoms with van der Waals surface area (Å²) >= 11 is 1.59. The molecule has 0 bridgehead atoms. The molecule has 110 valence electrons. The first-order valence-corrected chi connectivity index (χ1v) is 7.54. The number of aryl methyl sites for hydroxylation is 1. The topological polar surface area (TPSA) is 42.0 Å². The van der Waals surface area contributed by atoms with Crippen LogP contribution in [0.25, 0.3) is 16.3 Å².